The highest BCUT2D eigenvalue weighted by Crippen LogP contribution is 2.23. The van der Waals surface area contributed by atoms with E-state index in [0.29, 0.717) is 18.1 Å². The van der Waals surface area contributed by atoms with Crippen molar-refractivity contribution in [3.63, 3.8) is 0 Å². The zero-order chi connectivity index (χ0) is 14.3. The molecule has 1 aliphatic carbocycles. The van der Waals surface area contributed by atoms with Gasteiger partial charge in [0.15, 0.2) is 0 Å². The van der Waals surface area contributed by atoms with Crippen LogP contribution in [0.25, 0.3) is 0 Å². The number of carboxylic acid groups (broad SMARTS) is 1. The average molecular weight is 290 g/mol. The third-order valence-corrected chi connectivity index (χ3v) is 4.56. The maximum atomic E-state index is 12.0. The molecule has 1 fully saturated rings. The van der Waals surface area contributed by atoms with Crippen molar-refractivity contribution < 1.29 is 18.9 Å². The zero-order valence-electron chi connectivity index (χ0n) is 11.3. The van der Waals surface area contributed by atoms with Crippen LogP contribution in [0.4, 0.5) is 4.79 Å². The topological polar surface area (TPSA) is 86.7 Å². The van der Waals surface area contributed by atoms with E-state index in [0.717, 1.165) is 25.7 Å². The van der Waals surface area contributed by atoms with Gasteiger partial charge in [-0.3, -0.25) is 9.00 Å². The van der Waals surface area contributed by atoms with Gasteiger partial charge in [-0.25, -0.2) is 4.79 Å². The largest absolute Gasteiger partial charge is 0.480 e. The van der Waals surface area contributed by atoms with E-state index in [2.05, 4.69) is 5.32 Å². The van der Waals surface area contributed by atoms with Gasteiger partial charge in [0.2, 0.25) is 0 Å². The fourth-order valence-electron chi connectivity index (χ4n) is 2.25. The molecule has 2 amide bonds. The number of carbonyl (C=O) groups is 2. The van der Waals surface area contributed by atoms with E-state index in [4.69, 9.17) is 5.11 Å². The van der Waals surface area contributed by atoms with Crippen LogP contribution in [-0.2, 0) is 15.6 Å². The summed E-state index contributed by atoms with van der Waals surface area (Å²) in [6.45, 7) is 1.88. The van der Waals surface area contributed by atoms with Gasteiger partial charge in [-0.2, -0.15) is 0 Å². The highest BCUT2D eigenvalue weighted by atomic mass is 32.2. The van der Waals surface area contributed by atoms with Crippen LogP contribution in [-0.4, -0.2) is 56.9 Å². The van der Waals surface area contributed by atoms with E-state index in [-0.39, 0.29) is 18.6 Å². The molecule has 0 bridgehead atoms. The quantitative estimate of drug-likeness (QED) is 0.726. The lowest BCUT2D eigenvalue weighted by atomic mass is 10.2. The normalized spacial score (nSPS) is 17.1. The van der Waals surface area contributed by atoms with Crippen LogP contribution in [0.3, 0.4) is 0 Å². The van der Waals surface area contributed by atoms with Gasteiger partial charge in [0.1, 0.15) is 6.54 Å². The SMILES string of the molecule is CCS(=O)CCNC(=O)N(CC(=O)O)C1CCCC1. The van der Waals surface area contributed by atoms with E-state index in [1.165, 1.54) is 4.90 Å². The molecule has 19 heavy (non-hydrogen) atoms. The maximum Gasteiger partial charge on any atom is 0.323 e. The molecule has 110 valence electrons. The maximum absolute atomic E-state index is 12.0. The summed E-state index contributed by atoms with van der Waals surface area (Å²) in [6, 6.07) is -0.338. The van der Waals surface area contributed by atoms with E-state index in [1.807, 2.05) is 6.92 Å². The summed E-state index contributed by atoms with van der Waals surface area (Å²) >= 11 is 0. The number of nitrogens with one attached hydrogen (secondary N) is 1. The Balaban J connectivity index is 2.46. The molecule has 0 aromatic heterocycles. The summed E-state index contributed by atoms with van der Waals surface area (Å²) in [5, 5.41) is 11.5. The summed E-state index contributed by atoms with van der Waals surface area (Å²) in [4.78, 5) is 24.2. The molecule has 1 unspecified atom stereocenters. The predicted molar refractivity (Wildman–Crippen MR) is 73.5 cm³/mol. The van der Waals surface area contributed by atoms with Crippen LogP contribution in [0.1, 0.15) is 32.6 Å². The van der Waals surface area contributed by atoms with Crippen LogP contribution in [0, 0.1) is 0 Å². The van der Waals surface area contributed by atoms with E-state index in [9.17, 15) is 13.8 Å². The lowest BCUT2D eigenvalue weighted by Gasteiger charge is -2.27. The van der Waals surface area contributed by atoms with Crippen LogP contribution < -0.4 is 5.32 Å². The molecule has 6 nitrogen and oxygen atoms in total. The molecule has 7 heteroatoms. The summed E-state index contributed by atoms with van der Waals surface area (Å²) in [7, 11) is -0.919. The molecule has 1 aliphatic rings. The Bertz CT molecular complexity index is 343. The molecule has 1 atom stereocenters. The van der Waals surface area contributed by atoms with Crippen LogP contribution >= 0.6 is 0 Å². The second-order valence-electron chi connectivity index (χ2n) is 4.62. The summed E-state index contributed by atoms with van der Waals surface area (Å²) in [5.74, 6) is -0.0234. The number of aliphatic carboxylic acids is 1. The fraction of sp³-hybridized carbons (Fsp3) is 0.833. The third-order valence-electron chi connectivity index (χ3n) is 3.26. The minimum absolute atomic E-state index is 0.0211. The minimum Gasteiger partial charge on any atom is -0.480 e. The first kappa shape index (κ1) is 15.9. The molecule has 0 aliphatic heterocycles. The molecule has 0 spiro atoms. The zero-order valence-corrected chi connectivity index (χ0v) is 12.1. The van der Waals surface area contributed by atoms with Crippen molar-refractivity contribution in [3.05, 3.63) is 0 Å². The molecule has 0 saturated heterocycles. The Morgan fingerprint density at radius 3 is 2.53 bits per heavy atom. The van der Waals surface area contributed by atoms with E-state index >= 15 is 0 Å². The predicted octanol–water partition coefficient (Wildman–Crippen LogP) is 0.794. The van der Waals surface area contributed by atoms with Crippen molar-refractivity contribution in [2.24, 2.45) is 0 Å². The van der Waals surface area contributed by atoms with Crippen molar-refractivity contribution in [1.82, 2.24) is 10.2 Å². The standard InChI is InChI=1S/C12H22N2O4S/c1-2-19(18)8-7-13-12(17)14(9-11(15)16)10-5-3-4-6-10/h10H,2-9H2,1H3,(H,13,17)(H,15,16). The number of amides is 2. The molecule has 0 aromatic rings. The smallest absolute Gasteiger partial charge is 0.323 e. The van der Waals surface area contributed by atoms with Gasteiger partial charge in [0, 0.05) is 34.9 Å². The van der Waals surface area contributed by atoms with Gasteiger partial charge in [-0.15, -0.1) is 0 Å². The number of urea groups is 1. The van der Waals surface area contributed by atoms with Gasteiger partial charge in [-0.05, 0) is 12.8 Å². The third kappa shape index (κ3) is 5.59. The monoisotopic (exact) mass is 290 g/mol. The molecule has 0 radical (unpaired) electrons. The number of hydrogen-bond acceptors (Lipinski definition) is 3. The Kier molecular flexibility index (Phi) is 6.83. The first-order chi connectivity index (χ1) is 9.04. The number of hydrogen-bond donors (Lipinski definition) is 2. The van der Waals surface area contributed by atoms with Crippen LogP contribution in [0.5, 0.6) is 0 Å². The number of carbonyl (C=O) groups excluding carboxylic acids is 1. The highest BCUT2D eigenvalue weighted by molar-refractivity contribution is 7.84. The van der Waals surface area contributed by atoms with E-state index in [1.54, 1.807) is 0 Å². The Morgan fingerprint density at radius 1 is 1.37 bits per heavy atom. The second-order valence-corrected chi connectivity index (χ2v) is 6.49. The lowest BCUT2D eigenvalue weighted by molar-refractivity contribution is -0.138. The van der Waals surface area contributed by atoms with Crippen molar-refractivity contribution >= 4 is 22.8 Å². The second kappa shape index (κ2) is 8.14. The summed E-state index contributed by atoms with van der Waals surface area (Å²) in [5.41, 5.74) is 0. The lowest BCUT2D eigenvalue weighted by Crippen LogP contribution is -2.48. The number of nitrogens with zero attached hydrogens (tertiary/aromatic N) is 1. The van der Waals surface area contributed by atoms with E-state index < -0.39 is 16.8 Å². The van der Waals surface area contributed by atoms with Crippen LogP contribution in [0.2, 0.25) is 0 Å². The van der Waals surface area contributed by atoms with Crippen molar-refractivity contribution in [1.29, 1.82) is 0 Å². The Labute approximate surface area is 116 Å². The van der Waals surface area contributed by atoms with Crippen molar-refractivity contribution in [2.75, 3.05) is 24.6 Å². The Hall–Kier alpha value is -1.11. The highest BCUT2D eigenvalue weighted by Gasteiger charge is 2.28. The minimum atomic E-state index is -1.00. The molecular weight excluding hydrogens is 268 g/mol. The first-order valence-corrected chi connectivity index (χ1v) is 8.14. The molecule has 0 heterocycles. The summed E-state index contributed by atoms with van der Waals surface area (Å²) < 4.78 is 11.2. The molecule has 1 saturated carbocycles. The Morgan fingerprint density at radius 2 is 2.00 bits per heavy atom. The average Bonchev–Trinajstić information content (AvgIpc) is 2.88. The number of carboxylic acids is 1. The van der Waals surface area contributed by atoms with Crippen LogP contribution in [0.15, 0.2) is 0 Å². The first-order valence-electron chi connectivity index (χ1n) is 6.65. The summed E-state index contributed by atoms with van der Waals surface area (Å²) in [6.07, 6.45) is 3.80. The van der Waals surface area contributed by atoms with Gasteiger partial charge in [-0.1, -0.05) is 19.8 Å². The van der Waals surface area contributed by atoms with Gasteiger partial charge >= 0.3 is 12.0 Å². The fourth-order valence-corrected chi connectivity index (χ4v) is 2.86. The van der Waals surface area contributed by atoms with Crippen molar-refractivity contribution in [3.8, 4) is 0 Å². The van der Waals surface area contributed by atoms with Gasteiger partial charge in [0.25, 0.3) is 0 Å². The molecule has 0 aromatic carbocycles. The van der Waals surface area contributed by atoms with Gasteiger partial charge in [0.05, 0.1) is 0 Å². The van der Waals surface area contributed by atoms with Gasteiger partial charge < -0.3 is 15.3 Å². The molecule has 2 N–H and O–H groups in total. The molecule has 1 rings (SSSR count). The molecular formula is C12H22N2O4S. The number of rotatable bonds is 7. The van der Waals surface area contributed by atoms with Crippen molar-refractivity contribution in [2.45, 2.75) is 38.6 Å².